The van der Waals surface area contributed by atoms with Crippen LogP contribution in [0.4, 0.5) is 0 Å². The van der Waals surface area contributed by atoms with Crippen LogP contribution in [0.5, 0.6) is 5.75 Å². The minimum atomic E-state index is -0.0731. The van der Waals surface area contributed by atoms with Crippen molar-refractivity contribution in [2.24, 2.45) is 0 Å². The van der Waals surface area contributed by atoms with Gasteiger partial charge in [0.05, 0.1) is 7.11 Å². The minimum absolute atomic E-state index is 0.0731. The number of rotatable bonds is 4. The Morgan fingerprint density at radius 3 is 2.55 bits per heavy atom. The van der Waals surface area contributed by atoms with Crippen LogP contribution in [-0.2, 0) is 0 Å². The molecule has 0 aliphatic heterocycles. The zero-order valence-corrected chi connectivity index (χ0v) is 11.6. The number of hydrogen-bond acceptors (Lipinski definition) is 2. The third kappa shape index (κ3) is 3.48. The number of benzene rings is 2. The molecule has 0 spiro atoms. The summed E-state index contributed by atoms with van der Waals surface area (Å²) in [5.74, 6) is 0.604. The van der Waals surface area contributed by atoms with Gasteiger partial charge in [0, 0.05) is 18.8 Å². The second kappa shape index (κ2) is 6.57. The van der Waals surface area contributed by atoms with Gasteiger partial charge in [-0.05, 0) is 29.8 Å². The van der Waals surface area contributed by atoms with Gasteiger partial charge in [-0.3, -0.25) is 4.79 Å². The molecule has 0 aliphatic carbocycles. The average molecular weight is 267 g/mol. The Labute approximate surface area is 119 Å². The Kier molecular flexibility index (Phi) is 4.56. The Hall–Kier alpha value is -2.55. The summed E-state index contributed by atoms with van der Waals surface area (Å²) >= 11 is 0. The van der Waals surface area contributed by atoms with Crippen LogP contribution in [0.15, 0.2) is 60.8 Å². The molecular formula is C17H17NO2. The molecular weight excluding hydrogens is 250 g/mol. The maximum Gasteiger partial charge on any atom is 0.257 e. The maximum absolute atomic E-state index is 12.3. The predicted molar refractivity (Wildman–Crippen MR) is 80.6 cm³/mol. The highest BCUT2D eigenvalue weighted by molar-refractivity contribution is 5.95. The monoisotopic (exact) mass is 267 g/mol. The predicted octanol–water partition coefficient (Wildman–Crippen LogP) is 3.44. The number of hydrogen-bond donors (Lipinski definition) is 0. The summed E-state index contributed by atoms with van der Waals surface area (Å²) in [7, 11) is 3.32. The van der Waals surface area contributed by atoms with Crippen molar-refractivity contribution in [3.63, 3.8) is 0 Å². The van der Waals surface area contributed by atoms with E-state index in [1.165, 1.54) is 0 Å². The van der Waals surface area contributed by atoms with Crippen molar-refractivity contribution in [3.05, 3.63) is 71.9 Å². The summed E-state index contributed by atoms with van der Waals surface area (Å²) in [5.41, 5.74) is 1.65. The molecule has 2 aromatic rings. The first kappa shape index (κ1) is 13.9. The van der Waals surface area contributed by atoms with Crippen molar-refractivity contribution in [2.75, 3.05) is 14.2 Å². The summed E-state index contributed by atoms with van der Waals surface area (Å²) in [5, 5.41) is 0. The first-order valence-electron chi connectivity index (χ1n) is 6.35. The molecule has 2 aromatic carbocycles. The van der Waals surface area contributed by atoms with Crippen molar-refractivity contribution in [1.82, 2.24) is 4.90 Å². The lowest BCUT2D eigenvalue weighted by Crippen LogP contribution is -2.20. The number of ether oxygens (including phenoxy) is 1. The van der Waals surface area contributed by atoms with E-state index < -0.39 is 0 Å². The summed E-state index contributed by atoms with van der Waals surface area (Å²) < 4.78 is 5.13. The highest BCUT2D eigenvalue weighted by atomic mass is 16.5. The normalized spacial score (nSPS) is 10.5. The van der Waals surface area contributed by atoms with Gasteiger partial charge in [0.1, 0.15) is 5.75 Å². The van der Waals surface area contributed by atoms with Crippen LogP contribution in [0.25, 0.3) is 6.08 Å². The van der Waals surface area contributed by atoms with E-state index in [1.807, 2.05) is 42.5 Å². The average Bonchev–Trinajstić information content (AvgIpc) is 2.53. The molecule has 1 amide bonds. The van der Waals surface area contributed by atoms with E-state index in [0.29, 0.717) is 11.3 Å². The maximum atomic E-state index is 12.3. The number of methoxy groups -OCH3 is 1. The van der Waals surface area contributed by atoms with E-state index in [4.69, 9.17) is 4.74 Å². The van der Waals surface area contributed by atoms with Gasteiger partial charge in [-0.15, -0.1) is 0 Å². The molecule has 0 fully saturated rings. The number of nitrogens with zero attached hydrogens (tertiary/aromatic N) is 1. The number of amides is 1. The SMILES string of the molecule is COc1cccc(C(=O)N(C)/C=C\c2ccccc2)c1. The third-order valence-electron chi connectivity index (χ3n) is 2.93. The molecule has 0 N–H and O–H groups in total. The van der Waals surface area contributed by atoms with Crippen molar-refractivity contribution in [1.29, 1.82) is 0 Å². The molecule has 3 nitrogen and oxygen atoms in total. The number of carbonyl (C=O) groups excluding carboxylic acids is 1. The van der Waals surface area contributed by atoms with Crippen LogP contribution < -0.4 is 4.74 Å². The highest BCUT2D eigenvalue weighted by Crippen LogP contribution is 2.14. The summed E-state index contributed by atoms with van der Waals surface area (Å²) in [6.07, 6.45) is 3.66. The molecule has 3 heteroatoms. The van der Waals surface area contributed by atoms with E-state index in [-0.39, 0.29) is 5.91 Å². The lowest BCUT2D eigenvalue weighted by atomic mass is 10.2. The Morgan fingerprint density at radius 1 is 1.10 bits per heavy atom. The lowest BCUT2D eigenvalue weighted by Gasteiger charge is -2.12. The molecule has 102 valence electrons. The molecule has 0 heterocycles. The molecule has 0 saturated heterocycles. The van der Waals surface area contributed by atoms with E-state index in [9.17, 15) is 4.79 Å². The van der Waals surface area contributed by atoms with Gasteiger partial charge in [-0.2, -0.15) is 0 Å². The summed E-state index contributed by atoms with van der Waals surface area (Å²) in [4.78, 5) is 13.8. The molecule has 0 aromatic heterocycles. The fourth-order valence-corrected chi connectivity index (χ4v) is 1.79. The molecule has 0 unspecified atom stereocenters. The summed E-state index contributed by atoms with van der Waals surface area (Å²) in [6, 6.07) is 17.0. The Balaban J connectivity index is 2.10. The van der Waals surface area contributed by atoms with E-state index in [0.717, 1.165) is 5.56 Å². The quantitative estimate of drug-likeness (QED) is 0.849. The van der Waals surface area contributed by atoms with Gasteiger partial charge in [-0.1, -0.05) is 36.4 Å². The van der Waals surface area contributed by atoms with E-state index in [2.05, 4.69) is 0 Å². The third-order valence-corrected chi connectivity index (χ3v) is 2.93. The van der Waals surface area contributed by atoms with Crippen molar-refractivity contribution < 1.29 is 9.53 Å². The molecule has 2 rings (SSSR count). The molecule has 20 heavy (non-hydrogen) atoms. The van der Waals surface area contributed by atoms with Crippen LogP contribution in [-0.4, -0.2) is 25.0 Å². The zero-order valence-electron chi connectivity index (χ0n) is 11.6. The fourth-order valence-electron chi connectivity index (χ4n) is 1.79. The summed E-state index contributed by atoms with van der Waals surface area (Å²) in [6.45, 7) is 0. The molecule has 0 saturated carbocycles. The molecule has 0 radical (unpaired) electrons. The van der Waals surface area contributed by atoms with Gasteiger partial charge in [-0.25, -0.2) is 0 Å². The van der Waals surface area contributed by atoms with Gasteiger partial charge >= 0.3 is 0 Å². The molecule has 0 bridgehead atoms. The molecule has 0 aliphatic rings. The van der Waals surface area contributed by atoms with Crippen LogP contribution in [0.1, 0.15) is 15.9 Å². The Morgan fingerprint density at radius 2 is 1.85 bits per heavy atom. The van der Waals surface area contributed by atoms with Crippen molar-refractivity contribution >= 4 is 12.0 Å². The van der Waals surface area contributed by atoms with Gasteiger partial charge in [0.2, 0.25) is 0 Å². The van der Waals surface area contributed by atoms with Gasteiger partial charge in [0.15, 0.2) is 0 Å². The van der Waals surface area contributed by atoms with Crippen LogP contribution in [0, 0.1) is 0 Å². The lowest BCUT2D eigenvalue weighted by molar-refractivity contribution is 0.0850. The van der Waals surface area contributed by atoms with E-state index in [1.54, 1.807) is 43.5 Å². The fraction of sp³-hybridized carbons (Fsp3) is 0.118. The smallest absolute Gasteiger partial charge is 0.257 e. The number of carbonyl (C=O) groups is 1. The van der Waals surface area contributed by atoms with Gasteiger partial charge in [0.25, 0.3) is 5.91 Å². The van der Waals surface area contributed by atoms with Gasteiger partial charge < -0.3 is 9.64 Å². The highest BCUT2D eigenvalue weighted by Gasteiger charge is 2.09. The zero-order chi connectivity index (χ0) is 14.4. The van der Waals surface area contributed by atoms with Crippen LogP contribution >= 0.6 is 0 Å². The first-order valence-corrected chi connectivity index (χ1v) is 6.35. The standard InChI is InChI=1S/C17H17NO2/c1-18(12-11-14-7-4-3-5-8-14)17(19)15-9-6-10-16(13-15)20-2/h3-13H,1-2H3/b12-11-. The second-order valence-electron chi connectivity index (χ2n) is 4.37. The van der Waals surface area contributed by atoms with Crippen molar-refractivity contribution in [3.8, 4) is 5.75 Å². The largest absolute Gasteiger partial charge is 0.497 e. The molecule has 0 atom stereocenters. The van der Waals surface area contributed by atoms with Crippen LogP contribution in [0.3, 0.4) is 0 Å². The second-order valence-corrected chi connectivity index (χ2v) is 4.37. The van der Waals surface area contributed by atoms with E-state index >= 15 is 0 Å². The van der Waals surface area contributed by atoms with Crippen LogP contribution in [0.2, 0.25) is 0 Å². The topological polar surface area (TPSA) is 29.5 Å². The van der Waals surface area contributed by atoms with Crippen molar-refractivity contribution in [2.45, 2.75) is 0 Å². The minimum Gasteiger partial charge on any atom is -0.497 e. The first-order chi connectivity index (χ1) is 9.70. The Bertz CT molecular complexity index is 605.